The van der Waals surface area contributed by atoms with Crippen LogP contribution in [0.4, 0.5) is 17.1 Å². The third kappa shape index (κ3) is 15.9. The van der Waals surface area contributed by atoms with E-state index in [4.69, 9.17) is 24.9 Å². The molecule has 0 amide bonds. The summed E-state index contributed by atoms with van der Waals surface area (Å²) in [7, 11) is 0. The van der Waals surface area contributed by atoms with Crippen molar-refractivity contribution in [3.63, 3.8) is 0 Å². The molecule has 3 heterocycles. The van der Waals surface area contributed by atoms with E-state index in [1.165, 1.54) is 55.5 Å². The van der Waals surface area contributed by atoms with Crippen LogP contribution in [-0.2, 0) is 41.8 Å². The number of fused-ring (bicyclic) bond motifs is 1. The van der Waals surface area contributed by atoms with Gasteiger partial charge in [-0.3, -0.25) is 0 Å². The first kappa shape index (κ1) is 69.3. The van der Waals surface area contributed by atoms with Crippen molar-refractivity contribution in [2.24, 2.45) is 0 Å². The van der Waals surface area contributed by atoms with E-state index in [2.05, 4.69) is 343 Å². The second-order valence-corrected chi connectivity index (χ2v) is 29.8. The van der Waals surface area contributed by atoms with Crippen LogP contribution < -0.4 is 4.90 Å². The summed E-state index contributed by atoms with van der Waals surface area (Å²) in [4.78, 5) is 26.9. The Labute approximate surface area is 605 Å². The summed E-state index contributed by atoms with van der Waals surface area (Å²) >= 11 is 0. The molecule has 1 radical (unpaired) electrons. The van der Waals surface area contributed by atoms with Crippen molar-refractivity contribution >= 4 is 27.8 Å². The van der Waals surface area contributed by atoms with Gasteiger partial charge in [-0.05, 0) is 160 Å². The van der Waals surface area contributed by atoms with Crippen molar-refractivity contribution in [3.8, 4) is 101 Å². The number of aromatic nitrogens is 5. The minimum absolute atomic E-state index is 0. The van der Waals surface area contributed by atoms with Gasteiger partial charge >= 0.3 is 0 Å². The van der Waals surface area contributed by atoms with Gasteiger partial charge in [-0.25, -0.2) is 15.0 Å². The second kappa shape index (κ2) is 29.1. The van der Waals surface area contributed by atoms with Crippen LogP contribution in [0.5, 0.6) is 0 Å². The summed E-state index contributed by atoms with van der Waals surface area (Å²) in [6, 6.07) is 106. The van der Waals surface area contributed by atoms with Crippen LogP contribution in [0.2, 0.25) is 0 Å². The molecule has 0 atom stereocenters. The van der Waals surface area contributed by atoms with Crippen LogP contribution >= 0.6 is 0 Å². The van der Waals surface area contributed by atoms with E-state index in [0.29, 0.717) is 17.5 Å². The molecule has 11 aromatic carbocycles. The van der Waals surface area contributed by atoms with Gasteiger partial charge in [0.25, 0.3) is 0 Å². The molecule has 14 rings (SSSR count). The Balaban J connectivity index is 0.000000196. The summed E-state index contributed by atoms with van der Waals surface area (Å²) in [6.07, 6.45) is 3.74. The molecule has 0 aliphatic carbocycles. The topological polar surface area (TPSA) is 67.7 Å². The van der Waals surface area contributed by atoms with Crippen molar-refractivity contribution in [1.82, 2.24) is 24.9 Å². The molecule has 0 aliphatic heterocycles. The minimum Gasteiger partial charge on any atom is -0.311 e. The Bertz CT molecular complexity index is 4900. The molecule has 0 unspecified atom stereocenters. The van der Waals surface area contributed by atoms with Gasteiger partial charge in [-0.1, -0.05) is 265 Å². The fourth-order valence-corrected chi connectivity index (χ4v) is 12.5. The smallest absolute Gasteiger partial charge is 0.165 e. The van der Waals surface area contributed by atoms with Crippen molar-refractivity contribution in [3.05, 3.63) is 326 Å². The van der Waals surface area contributed by atoms with E-state index in [9.17, 15) is 0 Å². The molecule has 0 saturated carbocycles. The number of nitrogens with zero attached hydrogens (tertiary/aromatic N) is 6. The predicted octanol–water partition coefficient (Wildman–Crippen LogP) is 24.8. The van der Waals surface area contributed by atoms with Gasteiger partial charge in [-0.2, -0.15) is 0 Å². The van der Waals surface area contributed by atoms with Crippen molar-refractivity contribution in [2.75, 3.05) is 4.90 Å². The molecule has 0 spiro atoms. The summed E-state index contributed by atoms with van der Waals surface area (Å²) in [6.45, 7) is 26.9. The standard InChI is InChI=1S/C52H46N5.C41H38N.Ir/c1-51(2,3)42-27-20-37(21-28-42)48-54-49(38-22-29-43(30-23-38)52(4,5)6)56-50(55-48)41-26-33-47(53-35-41)40-15-13-14-39(34-40)36-24-31-46(32-25-36)57(44-16-9-7-10-17-44)45-18-11-8-12-19-45;1-40(2,3)36-18-14-28(15-19-36)33-25-34(29-16-20-37(21-17-29)41(4,5)6)27-35(26-33)31-11-9-12-32(24-31)39-38-13-8-7-10-30(38)22-23-42-39;/h7-14,16-35H,1-6H3;7-11,13-27H,1-6H3;/q2*-1;. The third-order valence-corrected chi connectivity index (χ3v) is 18.4. The van der Waals surface area contributed by atoms with E-state index in [1.807, 2.05) is 48.8 Å². The molecule has 0 fully saturated rings. The molecular weight excluding hydrogens is 1390 g/mol. The van der Waals surface area contributed by atoms with Crippen molar-refractivity contribution in [2.45, 2.75) is 105 Å². The minimum atomic E-state index is 0. The summed E-state index contributed by atoms with van der Waals surface area (Å²) in [5.41, 5.74) is 24.6. The summed E-state index contributed by atoms with van der Waals surface area (Å²) < 4.78 is 0. The van der Waals surface area contributed by atoms with Crippen LogP contribution in [0.1, 0.15) is 105 Å². The zero-order chi connectivity index (χ0) is 69.1. The number of benzene rings is 11. The summed E-state index contributed by atoms with van der Waals surface area (Å²) in [5.74, 6) is 1.83. The molecule has 0 aliphatic rings. The van der Waals surface area contributed by atoms with Crippen LogP contribution in [0, 0.1) is 12.1 Å². The van der Waals surface area contributed by atoms with Gasteiger partial charge in [0.05, 0.1) is 0 Å². The van der Waals surface area contributed by atoms with E-state index in [-0.39, 0.29) is 41.8 Å². The van der Waals surface area contributed by atoms with Gasteiger partial charge in [0.15, 0.2) is 17.5 Å². The van der Waals surface area contributed by atoms with Gasteiger partial charge in [0, 0.05) is 66.3 Å². The molecule has 100 heavy (non-hydrogen) atoms. The maximum atomic E-state index is 4.99. The molecule has 14 aromatic rings. The number of hydrogen-bond acceptors (Lipinski definition) is 6. The molecule has 7 heteroatoms. The average Bonchev–Trinajstić information content (AvgIpc) is 0.800. The summed E-state index contributed by atoms with van der Waals surface area (Å²) in [5, 5.41) is 2.32. The number of pyridine rings is 2. The van der Waals surface area contributed by atoms with E-state index in [0.717, 1.165) is 78.3 Å². The Morgan fingerprint density at radius 1 is 0.290 bits per heavy atom. The molecule has 6 nitrogen and oxygen atoms in total. The predicted molar refractivity (Wildman–Crippen MR) is 415 cm³/mol. The van der Waals surface area contributed by atoms with E-state index in [1.54, 1.807) is 0 Å². The third-order valence-electron chi connectivity index (χ3n) is 18.4. The van der Waals surface area contributed by atoms with Crippen molar-refractivity contribution in [1.29, 1.82) is 0 Å². The molecule has 0 saturated heterocycles. The van der Waals surface area contributed by atoms with Crippen molar-refractivity contribution < 1.29 is 20.1 Å². The molecule has 497 valence electrons. The van der Waals surface area contributed by atoms with Gasteiger partial charge in [0.1, 0.15) is 0 Å². The number of rotatable bonds is 12. The largest absolute Gasteiger partial charge is 0.311 e. The van der Waals surface area contributed by atoms with Crippen LogP contribution in [0.25, 0.3) is 112 Å². The molecule has 3 aromatic heterocycles. The number of anilines is 3. The Kier molecular flexibility index (Phi) is 20.2. The average molecular weight is 1480 g/mol. The fraction of sp³-hybridized carbons (Fsp3) is 0.172. The maximum Gasteiger partial charge on any atom is 0.165 e. The monoisotopic (exact) mass is 1480 g/mol. The quantitative estimate of drug-likeness (QED) is 0.114. The number of para-hydroxylation sites is 2. The Hall–Kier alpha value is -10.6. The van der Waals surface area contributed by atoms with Gasteiger partial charge in [0.2, 0.25) is 0 Å². The Morgan fingerprint density at radius 2 is 0.650 bits per heavy atom. The fourth-order valence-electron chi connectivity index (χ4n) is 12.5. The van der Waals surface area contributed by atoms with Gasteiger partial charge in [-0.15, -0.1) is 70.8 Å². The van der Waals surface area contributed by atoms with Crippen LogP contribution in [0.15, 0.2) is 291 Å². The van der Waals surface area contributed by atoms with Gasteiger partial charge < -0.3 is 14.9 Å². The molecule has 0 N–H and O–H groups in total. The first-order valence-electron chi connectivity index (χ1n) is 34.3. The first-order valence-corrected chi connectivity index (χ1v) is 34.3. The molecular formula is C93H84IrN6-2. The normalized spacial score (nSPS) is 11.7. The van der Waals surface area contributed by atoms with E-state index >= 15 is 0 Å². The number of hydrogen-bond donors (Lipinski definition) is 0. The SMILES string of the molecule is CC(C)(C)c1ccc(-c2cc(-c3ccc(C(C)(C)C)cc3)cc(-c3cc[c-]c(-c4nccc5ccccc45)c3)c2)cc1.CC(C)(C)c1ccc(-c2nc(-c3ccc(C(C)(C)C)cc3)nc(-c3ccc(-c4[c-]ccc(-c5ccc(N(c6ccccc6)c6ccccc6)cc5)c4)nc3)n2)cc1.[Ir]. The van der Waals surface area contributed by atoms with Crippen LogP contribution in [-0.4, -0.2) is 24.9 Å². The zero-order valence-corrected chi connectivity index (χ0v) is 61.6. The Morgan fingerprint density at radius 3 is 1.10 bits per heavy atom. The van der Waals surface area contributed by atoms with E-state index < -0.39 is 0 Å². The molecule has 0 bridgehead atoms. The first-order chi connectivity index (χ1) is 47.6. The zero-order valence-electron chi connectivity index (χ0n) is 59.2. The second-order valence-electron chi connectivity index (χ2n) is 29.8. The van der Waals surface area contributed by atoms with Crippen LogP contribution in [0.3, 0.4) is 0 Å². The maximum absolute atomic E-state index is 4.99.